The van der Waals surface area contributed by atoms with E-state index >= 15 is 0 Å². The molecule has 1 aliphatic carbocycles. The summed E-state index contributed by atoms with van der Waals surface area (Å²) in [6, 6.07) is 0.670. The number of hydrogen-bond acceptors (Lipinski definition) is 3. The number of rotatable bonds is 10. The van der Waals surface area contributed by atoms with Crippen molar-refractivity contribution in [2.24, 2.45) is 5.92 Å². The maximum absolute atomic E-state index is 12.1. The van der Waals surface area contributed by atoms with Crippen LogP contribution < -0.4 is 10.0 Å². The topological polar surface area (TPSA) is 61.4 Å². The summed E-state index contributed by atoms with van der Waals surface area (Å²) < 4.78 is 28.3. The van der Waals surface area contributed by atoms with Crippen molar-refractivity contribution < 1.29 is 8.42 Å². The molecule has 6 heteroatoms. The summed E-state index contributed by atoms with van der Waals surface area (Å²) in [7, 11) is -1.69. The van der Waals surface area contributed by atoms with Crippen LogP contribution in [-0.2, 0) is 10.2 Å². The molecule has 1 unspecified atom stereocenters. The summed E-state index contributed by atoms with van der Waals surface area (Å²) in [4.78, 5) is 0. The van der Waals surface area contributed by atoms with Crippen molar-refractivity contribution >= 4 is 10.2 Å². The van der Waals surface area contributed by atoms with Crippen molar-refractivity contribution in [3.05, 3.63) is 0 Å². The summed E-state index contributed by atoms with van der Waals surface area (Å²) in [6.07, 6.45) is 4.24. The largest absolute Gasteiger partial charge is 0.314 e. The van der Waals surface area contributed by atoms with Crippen molar-refractivity contribution in [2.45, 2.75) is 58.5 Å². The maximum atomic E-state index is 12.1. The van der Waals surface area contributed by atoms with Crippen molar-refractivity contribution in [1.29, 1.82) is 0 Å². The number of nitrogens with one attached hydrogen (secondary N) is 2. The van der Waals surface area contributed by atoms with Crippen molar-refractivity contribution in [3.63, 3.8) is 0 Å². The highest BCUT2D eigenvalue weighted by Crippen LogP contribution is 2.18. The molecule has 1 saturated carbocycles. The van der Waals surface area contributed by atoms with E-state index in [4.69, 9.17) is 0 Å². The molecule has 1 atom stereocenters. The van der Waals surface area contributed by atoms with Gasteiger partial charge >= 0.3 is 0 Å². The lowest BCUT2D eigenvalue weighted by atomic mass is 10.1. The van der Waals surface area contributed by atoms with Crippen LogP contribution in [0, 0.1) is 5.92 Å². The first-order chi connectivity index (χ1) is 8.81. The van der Waals surface area contributed by atoms with E-state index in [9.17, 15) is 8.42 Å². The molecule has 0 aliphatic heterocycles. The summed E-state index contributed by atoms with van der Waals surface area (Å²) in [6.45, 7) is 7.56. The molecule has 1 aliphatic rings. The minimum absolute atomic E-state index is 0.0166. The van der Waals surface area contributed by atoms with E-state index in [1.54, 1.807) is 7.05 Å². The lowest BCUT2D eigenvalue weighted by Gasteiger charge is -2.22. The minimum Gasteiger partial charge on any atom is -0.314 e. The summed E-state index contributed by atoms with van der Waals surface area (Å²) >= 11 is 0. The van der Waals surface area contributed by atoms with Crippen LogP contribution in [-0.4, -0.2) is 44.9 Å². The predicted molar refractivity (Wildman–Crippen MR) is 79.2 cm³/mol. The van der Waals surface area contributed by atoms with Gasteiger partial charge in [0.15, 0.2) is 0 Å². The van der Waals surface area contributed by atoms with Gasteiger partial charge in [0, 0.05) is 25.7 Å². The van der Waals surface area contributed by atoms with Crippen LogP contribution in [0.2, 0.25) is 0 Å². The zero-order valence-corrected chi connectivity index (χ0v) is 13.5. The molecule has 0 aromatic carbocycles. The van der Waals surface area contributed by atoms with E-state index < -0.39 is 10.2 Å². The van der Waals surface area contributed by atoms with Gasteiger partial charge in [0.25, 0.3) is 10.2 Å². The van der Waals surface area contributed by atoms with Crippen LogP contribution in [0.4, 0.5) is 0 Å². The normalized spacial score (nSPS) is 18.2. The third-order valence-electron chi connectivity index (χ3n) is 3.25. The first kappa shape index (κ1) is 16.9. The third kappa shape index (κ3) is 7.25. The lowest BCUT2D eigenvalue weighted by molar-refractivity contribution is 0.423. The molecular formula is C13H29N3O2S. The Labute approximate surface area is 118 Å². The molecule has 0 bridgehead atoms. The van der Waals surface area contributed by atoms with Gasteiger partial charge in [0.05, 0.1) is 0 Å². The van der Waals surface area contributed by atoms with Crippen LogP contribution in [0.3, 0.4) is 0 Å². The fourth-order valence-electron chi connectivity index (χ4n) is 2.11. The number of nitrogens with zero attached hydrogens (tertiary/aromatic N) is 1. The SMILES string of the molecule is CC(C)CC(C)NS(=O)(=O)N(C)CCCNC1CC1. The summed E-state index contributed by atoms with van der Waals surface area (Å²) in [5, 5.41) is 3.39. The predicted octanol–water partition coefficient (Wildman–Crippen LogP) is 1.33. The fourth-order valence-corrected chi connectivity index (χ4v) is 3.27. The van der Waals surface area contributed by atoms with Gasteiger partial charge in [-0.05, 0) is 45.1 Å². The first-order valence-electron chi connectivity index (χ1n) is 7.28. The summed E-state index contributed by atoms with van der Waals surface area (Å²) in [5.41, 5.74) is 0. The van der Waals surface area contributed by atoms with Gasteiger partial charge in [-0.25, -0.2) is 0 Å². The van der Waals surface area contributed by atoms with E-state index in [-0.39, 0.29) is 6.04 Å². The average Bonchev–Trinajstić information content (AvgIpc) is 3.05. The van der Waals surface area contributed by atoms with E-state index in [0.29, 0.717) is 18.5 Å². The fraction of sp³-hybridized carbons (Fsp3) is 1.00. The van der Waals surface area contributed by atoms with Gasteiger partial charge in [-0.2, -0.15) is 17.4 Å². The van der Waals surface area contributed by atoms with Crippen molar-refractivity contribution in [1.82, 2.24) is 14.3 Å². The molecule has 1 rings (SSSR count). The van der Waals surface area contributed by atoms with Gasteiger partial charge in [0.1, 0.15) is 0 Å². The first-order valence-corrected chi connectivity index (χ1v) is 8.72. The molecule has 0 aromatic rings. The van der Waals surface area contributed by atoms with Crippen molar-refractivity contribution in [2.75, 3.05) is 20.1 Å². The molecule has 0 radical (unpaired) electrons. The van der Waals surface area contributed by atoms with Gasteiger partial charge < -0.3 is 5.32 Å². The van der Waals surface area contributed by atoms with E-state index in [0.717, 1.165) is 19.4 Å². The van der Waals surface area contributed by atoms with Gasteiger partial charge in [-0.1, -0.05) is 13.8 Å². The Hall–Kier alpha value is -0.170. The van der Waals surface area contributed by atoms with Crippen LogP contribution in [0.1, 0.15) is 46.5 Å². The molecule has 0 amide bonds. The quantitative estimate of drug-likeness (QED) is 0.597. The van der Waals surface area contributed by atoms with E-state index in [1.807, 2.05) is 6.92 Å². The van der Waals surface area contributed by atoms with Crippen LogP contribution in [0.25, 0.3) is 0 Å². The Morgan fingerprint density at radius 1 is 1.26 bits per heavy atom. The molecule has 0 heterocycles. The molecule has 0 saturated heterocycles. The second-order valence-electron chi connectivity index (χ2n) is 6.06. The van der Waals surface area contributed by atoms with Gasteiger partial charge in [-0.15, -0.1) is 0 Å². The zero-order valence-electron chi connectivity index (χ0n) is 12.6. The molecule has 19 heavy (non-hydrogen) atoms. The highest BCUT2D eigenvalue weighted by atomic mass is 32.2. The Morgan fingerprint density at radius 2 is 1.89 bits per heavy atom. The standard InChI is InChI=1S/C13H29N3O2S/c1-11(2)10-12(3)15-19(17,18)16(4)9-5-8-14-13-6-7-13/h11-15H,5-10H2,1-4H3. The Kier molecular flexibility index (Phi) is 6.73. The highest BCUT2D eigenvalue weighted by Gasteiger charge is 2.22. The van der Waals surface area contributed by atoms with Crippen LogP contribution in [0.15, 0.2) is 0 Å². The smallest absolute Gasteiger partial charge is 0.279 e. The van der Waals surface area contributed by atoms with Crippen LogP contribution >= 0.6 is 0 Å². The average molecular weight is 291 g/mol. The molecule has 1 fully saturated rings. The molecule has 2 N–H and O–H groups in total. The monoisotopic (exact) mass is 291 g/mol. The second-order valence-corrected chi connectivity index (χ2v) is 7.87. The maximum Gasteiger partial charge on any atom is 0.279 e. The van der Waals surface area contributed by atoms with Gasteiger partial charge in [0.2, 0.25) is 0 Å². The Bertz CT molecular complexity index is 353. The van der Waals surface area contributed by atoms with Crippen LogP contribution in [0.5, 0.6) is 0 Å². The lowest BCUT2D eigenvalue weighted by Crippen LogP contribution is -2.43. The minimum atomic E-state index is -3.33. The molecular weight excluding hydrogens is 262 g/mol. The third-order valence-corrected chi connectivity index (χ3v) is 4.95. The van der Waals surface area contributed by atoms with E-state index in [1.165, 1.54) is 17.1 Å². The van der Waals surface area contributed by atoms with Gasteiger partial charge in [-0.3, -0.25) is 0 Å². The second kappa shape index (κ2) is 7.57. The molecule has 5 nitrogen and oxygen atoms in total. The molecule has 114 valence electrons. The van der Waals surface area contributed by atoms with Crippen molar-refractivity contribution in [3.8, 4) is 0 Å². The summed E-state index contributed by atoms with van der Waals surface area (Å²) in [5.74, 6) is 0.491. The highest BCUT2D eigenvalue weighted by molar-refractivity contribution is 7.87. The Morgan fingerprint density at radius 3 is 2.42 bits per heavy atom. The molecule has 0 spiro atoms. The number of hydrogen-bond donors (Lipinski definition) is 2. The zero-order chi connectivity index (χ0) is 14.5. The van der Waals surface area contributed by atoms with E-state index in [2.05, 4.69) is 23.9 Å². The molecule has 0 aromatic heterocycles. The Balaban J connectivity index is 2.24.